The molecule has 2 aliphatic rings. The van der Waals surface area contributed by atoms with Crippen LogP contribution in [0.15, 0.2) is 18.2 Å². The number of benzene rings is 2. The third-order valence-corrected chi connectivity index (χ3v) is 8.49. The lowest BCUT2D eigenvalue weighted by molar-refractivity contribution is 0.114. The number of carbonyl (C=O) groups is 1. The van der Waals surface area contributed by atoms with Crippen molar-refractivity contribution in [2.24, 2.45) is 0 Å². The van der Waals surface area contributed by atoms with Crippen LogP contribution in [0.2, 0.25) is 5.02 Å². The van der Waals surface area contributed by atoms with E-state index in [4.69, 9.17) is 21.6 Å². The molecule has 11 nitrogen and oxygen atoms in total. The van der Waals surface area contributed by atoms with Crippen LogP contribution in [0.5, 0.6) is 0 Å². The molecule has 2 aromatic heterocycles. The largest absolute Gasteiger partial charge is 0.465 e. The smallest absolute Gasteiger partial charge is 0.407 e. The molecule has 2 fully saturated rings. The summed E-state index contributed by atoms with van der Waals surface area (Å²) in [7, 11) is 4.06. The number of fused-ring (bicyclic) bond motifs is 2. The molecule has 40 heavy (non-hydrogen) atoms. The Hall–Kier alpha value is -3.77. The minimum Gasteiger partial charge on any atom is -0.465 e. The predicted molar refractivity (Wildman–Crippen MR) is 153 cm³/mol. The molecule has 1 amide bonds. The number of halogens is 2. The van der Waals surface area contributed by atoms with Gasteiger partial charge in [0, 0.05) is 60.8 Å². The maximum Gasteiger partial charge on any atom is 0.407 e. The number of H-pyrrole nitrogens is 1. The van der Waals surface area contributed by atoms with Gasteiger partial charge in [-0.05, 0) is 52.6 Å². The van der Waals surface area contributed by atoms with Crippen LogP contribution < -0.4 is 9.80 Å². The summed E-state index contributed by atoms with van der Waals surface area (Å²) in [5.74, 6) is 0.432. The number of aromatic nitrogens is 5. The van der Waals surface area contributed by atoms with Crippen LogP contribution in [0.4, 0.5) is 21.0 Å². The van der Waals surface area contributed by atoms with E-state index in [1.807, 2.05) is 56.8 Å². The van der Waals surface area contributed by atoms with Gasteiger partial charge in [0.2, 0.25) is 5.95 Å². The van der Waals surface area contributed by atoms with Gasteiger partial charge in [-0.2, -0.15) is 4.98 Å². The number of likely N-dealkylation sites (N-methyl/N-ethyl adjacent to an activating group) is 1. The third kappa shape index (κ3) is 4.17. The zero-order valence-electron chi connectivity index (χ0n) is 23.0. The number of carboxylic acid groups (broad SMARTS) is 1. The molecular formula is C27H31ClFN9O2. The molecule has 0 spiro atoms. The first-order valence-electron chi connectivity index (χ1n) is 13.2. The summed E-state index contributed by atoms with van der Waals surface area (Å²) < 4.78 is 16.7. The standard InChI is InChI=1S/C27H31ClFN9O2/c1-13-6-7-19-24(33-34-32-19)20(13)21-18(28)8-17-23(22(21)29)30-26(36-11-16(12-36)35(4)5)31-25(17)37-9-15(3)38(27(39)40)10-14(37)2/h6-8,14-16H,9-12H2,1-5H3,(H,39,40)(H,32,33,34)/t14-,15+/m0/s1. The highest BCUT2D eigenvalue weighted by Gasteiger charge is 2.36. The van der Waals surface area contributed by atoms with Gasteiger partial charge in [0.15, 0.2) is 5.82 Å². The van der Waals surface area contributed by atoms with Gasteiger partial charge < -0.3 is 24.7 Å². The summed E-state index contributed by atoms with van der Waals surface area (Å²) in [6.07, 6.45) is -0.959. The maximum absolute atomic E-state index is 16.7. The van der Waals surface area contributed by atoms with Crippen molar-refractivity contribution in [1.29, 1.82) is 0 Å². The Kier molecular flexibility index (Phi) is 6.42. The second-order valence-corrected chi connectivity index (χ2v) is 11.5. The van der Waals surface area contributed by atoms with Crippen molar-refractivity contribution in [3.8, 4) is 11.1 Å². The Balaban J connectivity index is 1.55. The second kappa shape index (κ2) is 9.70. The quantitative estimate of drug-likeness (QED) is 0.377. The molecule has 6 rings (SSSR count). The first kappa shape index (κ1) is 26.5. The van der Waals surface area contributed by atoms with Gasteiger partial charge in [0.25, 0.3) is 0 Å². The van der Waals surface area contributed by atoms with E-state index in [0.717, 1.165) is 18.7 Å². The molecule has 2 aliphatic heterocycles. The molecule has 4 heterocycles. The molecule has 0 saturated carbocycles. The van der Waals surface area contributed by atoms with Gasteiger partial charge >= 0.3 is 6.09 Å². The highest BCUT2D eigenvalue weighted by Crippen LogP contribution is 2.42. The molecule has 13 heteroatoms. The molecule has 2 saturated heterocycles. The number of hydrogen-bond acceptors (Lipinski definition) is 8. The fraction of sp³-hybridized carbons (Fsp3) is 0.444. The minimum absolute atomic E-state index is 0.164. The zero-order chi connectivity index (χ0) is 28.5. The van der Waals surface area contributed by atoms with Crippen molar-refractivity contribution in [3.63, 3.8) is 0 Å². The third-order valence-electron chi connectivity index (χ3n) is 8.19. The van der Waals surface area contributed by atoms with Crippen molar-refractivity contribution in [2.75, 3.05) is 50.1 Å². The Morgan fingerprint density at radius 3 is 2.58 bits per heavy atom. The Labute approximate surface area is 235 Å². The van der Waals surface area contributed by atoms with E-state index in [-0.39, 0.29) is 28.2 Å². The van der Waals surface area contributed by atoms with Crippen molar-refractivity contribution in [2.45, 2.75) is 38.9 Å². The van der Waals surface area contributed by atoms with Crippen LogP contribution in [0, 0.1) is 12.7 Å². The van der Waals surface area contributed by atoms with Crippen molar-refractivity contribution in [1.82, 2.24) is 35.2 Å². The van der Waals surface area contributed by atoms with Crippen LogP contribution >= 0.6 is 11.6 Å². The molecule has 4 aromatic rings. The van der Waals surface area contributed by atoms with E-state index in [0.29, 0.717) is 52.9 Å². The number of nitrogens with one attached hydrogen (secondary N) is 1. The molecular weight excluding hydrogens is 537 g/mol. The summed E-state index contributed by atoms with van der Waals surface area (Å²) in [5.41, 5.74) is 3.00. The van der Waals surface area contributed by atoms with Crippen molar-refractivity contribution >= 4 is 51.4 Å². The highest BCUT2D eigenvalue weighted by molar-refractivity contribution is 6.35. The zero-order valence-corrected chi connectivity index (χ0v) is 23.7. The molecule has 2 aromatic carbocycles. The second-order valence-electron chi connectivity index (χ2n) is 11.1. The van der Waals surface area contributed by atoms with E-state index in [1.165, 1.54) is 4.90 Å². The molecule has 0 aliphatic carbocycles. The minimum atomic E-state index is -0.959. The van der Waals surface area contributed by atoms with Crippen LogP contribution in [-0.2, 0) is 0 Å². The van der Waals surface area contributed by atoms with Crippen LogP contribution in [0.25, 0.3) is 33.1 Å². The van der Waals surface area contributed by atoms with Crippen LogP contribution in [0.1, 0.15) is 19.4 Å². The fourth-order valence-electron chi connectivity index (χ4n) is 5.73. The number of aromatic amines is 1. The number of aryl methyl sites for hydroxylation is 1. The van der Waals surface area contributed by atoms with Gasteiger partial charge in [0.05, 0.1) is 10.5 Å². The molecule has 2 atom stereocenters. The summed E-state index contributed by atoms with van der Waals surface area (Å²) in [4.78, 5) is 29.1. The van der Waals surface area contributed by atoms with E-state index in [1.54, 1.807) is 6.07 Å². The van der Waals surface area contributed by atoms with Crippen LogP contribution in [-0.4, -0.2) is 105 Å². The number of rotatable bonds is 4. The van der Waals surface area contributed by atoms with Crippen molar-refractivity contribution in [3.05, 3.63) is 34.6 Å². The number of hydrogen-bond donors (Lipinski definition) is 2. The number of nitrogens with zero attached hydrogens (tertiary/aromatic N) is 8. The highest BCUT2D eigenvalue weighted by atomic mass is 35.5. The van der Waals surface area contributed by atoms with Gasteiger partial charge in [-0.3, -0.25) is 5.10 Å². The SMILES string of the molecule is Cc1ccc2nn[nH]c2c1-c1c(Cl)cc2c(N3C[C@@H](C)N(C(=O)O)C[C@@H]3C)nc(N3CC(N(C)C)C3)nc2c1F. The lowest BCUT2D eigenvalue weighted by atomic mass is 9.96. The summed E-state index contributed by atoms with van der Waals surface area (Å²) >= 11 is 6.85. The number of anilines is 2. The van der Waals surface area contributed by atoms with Crippen molar-refractivity contribution < 1.29 is 14.3 Å². The van der Waals surface area contributed by atoms with Gasteiger partial charge in [-0.25, -0.2) is 14.2 Å². The Morgan fingerprint density at radius 1 is 1.12 bits per heavy atom. The monoisotopic (exact) mass is 567 g/mol. The predicted octanol–water partition coefficient (Wildman–Crippen LogP) is 4.00. The fourth-order valence-corrected chi connectivity index (χ4v) is 6.02. The summed E-state index contributed by atoms with van der Waals surface area (Å²) in [5, 5.41) is 21.3. The first-order valence-corrected chi connectivity index (χ1v) is 13.6. The normalized spacial score (nSPS) is 20.1. The van der Waals surface area contributed by atoms with Crippen LogP contribution in [0.3, 0.4) is 0 Å². The topological polar surface area (TPSA) is 118 Å². The lowest BCUT2D eigenvalue weighted by Gasteiger charge is -2.45. The van der Waals surface area contributed by atoms with Gasteiger partial charge in [-0.15, -0.1) is 5.10 Å². The Morgan fingerprint density at radius 2 is 1.88 bits per heavy atom. The lowest BCUT2D eigenvalue weighted by Crippen LogP contribution is -2.59. The average Bonchev–Trinajstić information content (AvgIpc) is 3.34. The van der Waals surface area contributed by atoms with E-state index < -0.39 is 11.9 Å². The van der Waals surface area contributed by atoms with E-state index in [2.05, 4.69) is 20.3 Å². The maximum atomic E-state index is 16.7. The molecule has 210 valence electrons. The average molecular weight is 568 g/mol. The first-order chi connectivity index (χ1) is 19.0. The van der Waals surface area contributed by atoms with Gasteiger partial charge in [0.1, 0.15) is 16.9 Å². The molecule has 0 unspecified atom stereocenters. The Bertz CT molecular complexity index is 1640. The number of piperazine rings is 1. The molecule has 0 radical (unpaired) electrons. The molecule has 2 N–H and O–H groups in total. The summed E-state index contributed by atoms with van der Waals surface area (Å²) in [6, 6.07) is 5.28. The van der Waals surface area contributed by atoms with E-state index in [9.17, 15) is 9.90 Å². The molecule has 0 bridgehead atoms. The summed E-state index contributed by atoms with van der Waals surface area (Å²) in [6.45, 7) is 7.84. The van der Waals surface area contributed by atoms with Gasteiger partial charge in [-0.1, -0.05) is 22.9 Å². The van der Waals surface area contributed by atoms with E-state index >= 15 is 4.39 Å². The number of amides is 1.